The van der Waals surface area contributed by atoms with E-state index in [1.807, 2.05) is 56.3 Å². The number of rotatable bonds is 10. The van der Waals surface area contributed by atoms with Crippen LogP contribution < -0.4 is 19.1 Å². The van der Waals surface area contributed by atoms with Gasteiger partial charge in [-0.25, -0.2) is 0 Å². The first-order valence-corrected chi connectivity index (χ1v) is 15.9. The highest BCUT2D eigenvalue weighted by atomic mass is 35.5. The summed E-state index contributed by atoms with van der Waals surface area (Å²) in [5.41, 5.74) is 2.52. The van der Waals surface area contributed by atoms with Crippen molar-refractivity contribution < 1.29 is 44.2 Å². The summed E-state index contributed by atoms with van der Waals surface area (Å²) in [6, 6.07) is 14.6. The van der Waals surface area contributed by atoms with Crippen LogP contribution in [0.1, 0.15) is 28.9 Å². The number of benzene rings is 3. The molecule has 1 saturated heterocycles. The van der Waals surface area contributed by atoms with Crippen molar-refractivity contribution in [2.75, 3.05) is 52.4 Å². The van der Waals surface area contributed by atoms with Crippen molar-refractivity contribution in [3.63, 3.8) is 0 Å². The van der Waals surface area contributed by atoms with Gasteiger partial charge in [0.1, 0.15) is 42.5 Å². The van der Waals surface area contributed by atoms with Crippen LogP contribution in [-0.4, -0.2) is 120 Å². The van der Waals surface area contributed by atoms with E-state index in [9.17, 15) is 25.2 Å². The van der Waals surface area contributed by atoms with Crippen molar-refractivity contribution in [2.45, 2.75) is 48.9 Å². The number of nitrogens with one attached hydrogen (secondary N) is 1. The Morgan fingerprint density at radius 3 is 2.49 bits per heavy atom. The van der Waals surface area contributed by atoms with E-state index in [-0.39, 0.29) is 23.0 Å². The van der Waals surface area contributed by atoms with Gasteiger partial charge in [0.25, 0.3) is 5.91 Å². The number of fused-ring (bicyclic) bond motifs is 4. The predicted molar refractivity (Wildman–Crippen MR) is 177 cm³/mol. The monoisotopic (exact) mass is 669 g/mol. The van der Waals surface area contributed by atoms with Crippen LogP contribution in [0.25, 0.3) is 21.7 Å². The van der Waals surface area contributed by atoms with Gasteiger partial charge in [-0.2, -0.15) is 0 Å². The van der Waals surface area contributed by atoms with Crippen LogP contribution in [0.5, 0.6) is 17.2 Å². The van der Waals surface area contributed by atoms with Gasteiger partial charge in [-0.1, -0.05) is 24.3 Å². The first kappa shape index (κ1) is 33.3. The number of H-pyrrole nitrogens is 1. The fourth-order valence-electron chi connectivity index (χ4n) is 6.32. The van der Waals surface area contributed by atoms with E-state index < -0.39 is 37.3 Å². The maximum absolute atomic E-state index is 14.3. The fourth-order valence-corrected chi connectivity index (χ4v) is 6.52. The van der Waals surface area contributed by atoms with E-state index in [0.29, 0.717) is 46.9 Å². The lowest BCUT2D eigenvalue weighted by molar-refractivity contribution is -0.277. The number of carbonyl (C=O) groups is 1. The third kappa shape index (κ3) is 6.22. The first-order valence-electron chi connectivity index (χ1n) is 15.5. The summed E-state index contributed by atoms with van der Waals surface area (Å²) < 4.78 is 23.3. The summed E-state index contributed by atoms with van der Waals surface area (Å²) in [6.07, 6.45) is -7.28. The Kier molecular flexibility index (Phi) is 9.54. The molecule has 3 heterocycles. The van der Waals surface area contributed by atoms with Crippen molar-refractivity contribution >= 4 is 44.9 Å². The SMILES string of the molecule is COc1cc2[nH]c(C(=O)N3C[C@@H]([C@@H](C)Cl)c4c3cc(O[C@@H]3OC(CO)[C@H](O)C(O)C3O)c3ccccc43)cc2cc1OCCN(C)C. The molecule has 6 rings (SSSR count). The van der Waals surface area contributed by atoms with Crippen molar-refractivity contribution in [3.05, 3.63) is 59.8 Å². The summed E-state index contributed by atoms with van der Waals surface area (Å²) in [5, 5.41) is 42.9. The van der Waals surface area contributed by atoms with Gasteiger partial charge in [-0.15, -0.1) is 11.6 Å². The Hall–Kier alpha value is -3.62. The van der Waals surface area contributed by atoms with E-state index in [1.165, 1.54) is 0 Å². The van der Waals surface area contributed by atoms with Gasteiger partial charge in [-0.3, -0.25) is 4.79 Å². The molecule has 0 radical (unpaired) electrons. The molecule has 47 heavy (non-hydrogen) atoms. The van der Waals surface area contributed by atoms with E-state index >= 15 is 0 Å². The highest BCUT2D eigenvalue weighted by molar-refractivity contribution is 6.22. The van der Waals surface area contributed by atoms with Crippen molar-refractivity contribution in [1.29, 1.82) is 0 Å². The summed E-state index contributed by atoms with van der Waals surface area (Å²) in [7, 11) is 5.50. The molecule has 12 nitrogen and oxygen atoms in total. The molecule has 0 bridgehead atoms. The number of alkyl halides is 1. The summed E-state index contributed by atoms with van der Waals surface area (Å²) >= 11 is 6.74. The molecular weight excluding hydrogens is 630 g/mol. The summed E-state index contributed by atoms with van der Waals surface area (Å²) in [6.45, 7) is 2.81. The zero-order chi connectivity index (χ0) is 33.6. The van der Waals surface area contributed by atoms with Gasteiger partial charge in [0.2, 0.25) is 6.29 Å². The number of ether oxygens (including phenoxy) is 4. The number of methoxy groups -OCH3 is 1. The molecule has 5 N–H and O–H groups in total. The van der Waals surface area contributed by atoms with E-state index in [4.69, 9.17) is 30.5 Å². The number of aromatic amines is 1. The average molecular weight is 670 g/mol. The molecule has 1 fully saturated rings. The molecule has 7 atom stereocenters. The Morgan fingerprint density at radius 1 is 1.06 bits per heavy atom. The molecule has 1 aromatic heterocycles. The summed E-state index contributed by atoms with van der Waals surface area (Å²) in [4.78, 5) is 21.2. The van der Waals surface area contributed by atoms with Crippen LogP contribution in [0.2, 0.25) is 0 Å². The average Bonchev–Trinajstić information content (AvgIpc) is 3.66. The van der Waals surface area contributed by atoms with Crippen molar-refractivity contribution in [2.24, 2.45) is 0 Å². The Bertz CT molecular complexity index is 1760. The third-order valence-corrected chi connectivity index (χ3v) is 9.19. The number of aliphatic hydroxyl groups is 4. The first-order chi connectivity index (χ1) is 22.5. The van der Waals surface area contributed by atoms with Crippen molar-refractivity contribution in [1.82, 2.24) is 9.88 Å². The molecule has 0 spiro atoms. The number of carbonyl (C=O) groups excluding carboxylic acids is 1. The summed E-state index contributed by atoms with van der Waals surface area (Å²) in [5.74, 6) is 0.906. The molecule has 13 heteroatoms. The molecule has 3 aromatic carbocycles. The van der Waals surface area contributed by atoms with Gasteiger partial charge < -0.3 is 54.2 Å². The van der Waals surface area contributed by atoms with Gasteiger partial charge in [0.15, 0.2) is 11.5 Å². The maximum Gasteiger partial charge on any atom is 0.274 e. The number of aromatic nitrogens is 1. The molecule has 252 valence electrons. The minimum atomic E-state index is -1.61. The molecule has 0 saturated carbocycles. The number of amides is 1. The molecular formula is C34H40ClN3O9. The number of anilines is 1. The minimum Gasteiger partial charge on any atom is -0.493 e. The number of nitrogens with zero attached hydrogens (tertiary/aromatic N) is 2. The standard InChI is InChI=1S/C34H40ClN3O9/c1-17(35)21-15-38(33(43)23-11-18-12-27(45-10-9-37(2)3)26(44-4)13-22(18)36-23)24-14-25(19-7-5-6-8-20(19)29(21)24)46-34-32(42)31(41)30(40)28(16-39)47-34/h5-8,11-14,17,21,28,30-32,34,36,39-42H,9-10,15-16H2,1-4H3/t17-,21+,28?,30+,31?,32?,34-/m1/s1. The van der Waals surface area contributed by atoms with Crippen LogP contribution in [0.15, 0.2) is 48.5 Å². The van der Waals surface area contributed by atoms with Crippen molar-refractivity contribution in [3.8, 4) is 17.2 Å². The number of hydrogen-bond acceptors (Lipinski definition) is 10. The van der Waals surface area contributed by atoms with Crippen LogP contribution in [-0.2, 0) is 4.74 Å². The van der Waals surface area contributed by atoms with E-state index in [2.05, 4.69) is 4.98 Å². The zero-order valence-corrected chi connectivity index (χ0v) is 27.3. The normalized spacial score (nSPS) is 24.9. The largest absolute Gasteiger partial charge is 0.493 e. The zero-order valence-electron chi connectivity index (χ0n) is 26.6. The van der Waals surface area contributed by atoms with Gasteiger partial charge in [0, 0.05) is 52.8 Å². The predicted octanol–water partition coefficient (Wildman–Crippen LogP) is 2.82. The second-order valence-corrected chi connectivity index (χ2v) is 13.0. The molecule has 2 aliphatic heterocycles. The minimum absolute atomic E-state index is 0.206. The molecule has 4 aromatic rings. The Balaban J connectivity index is 1.38. The number of halogens is 1. The third-order valence-electron chi connectivity index (χ3n) is 8.89. The second-order valence-electron chi connectivity index (χ2n) is 12.3. The van der Waals surface area contributed by atoms with E-state index in [1.54, 1.807) is 30.2 Å². The Labute approximate surface area is 277 Å². The van der Waals surface area contributed by atoms with Crippen LogP contribution in [0.4, 0.5) is 5.69 Å². The number of likely N-dealkylation sites (N-methyl/N-ethyl adjacent to an activating group) is 1. The molecule has 1 amide bonds. The lowest BCUT2D eigenvalue weighted by Gasteiger charge is -2.39. The lowest BCUT2D eigenvalue weighted by atomic mass is 9.92. The van der Waals surface area contributed by atoms with Gasteiger partial charge >= 0.3 is 0 Å². The highest BCUT2D eigenvalue weighted by Gasteiger charge is 2.45. The fraction of sp³-hybridized carbons (Fsp3) is 0.441. The number of hydrogen-bond donors (Lipinski definition) is 5. The molecule has 2 aliphatic rings. The van der Waals surface area contributed by atoms with Crippen LogP contribution in [0, 0.1) is 0 Å². The quantitative estimate of drug-likeness (QED) is 0.159. The molecule has 3 unspecified atom stereocenters. The van der Waals surface area contributed by atoms with Crippen LogP contribution in [0.3, 0.4) is 0 Å². The Morgan fingerprint density at radius 2 is 1.81 bits per heavy atom. The van der Waals surface area contributed by atoms with Gasteiger partial charge in [0.05, 0.1) is 19.4 Å². The van der Waals surface area contributed by atoms with E-state index in [0.717, 1.165) is 22.9 Å². The topological polar surface area (TPSA) is 157 Å². The smallest absolute Gasteiger partial charge is 0.274 e. The van der Waals surface area contributed by atoms with Gasteiger partial charge in [-0.05, 0) is 44.1 Å². The molecule has 0 aliphatic carbocycles. The number of aliphatic hydroxyl groups excluding tert-OH is 4. The second kappa shape index (κ2) is 13.5. The highest BCUT2D eigenvalue weighted by Crippen LogP contribution is 2.48. The van der Waals surface area contributed by atoms with Crippen LogP contribution >= 0.6 is 11.6 Å². The lowest BCUT2D eigenvalue weighted by Crippen LogP contribution is -2.60. The maximum atomic E-state index is 14.3.